The normalized spacial score (nSPS) is 10.3. The maximum absolute atomic E-state index is 9.46. The van der Waals surface area contributed by atoms with Crippen LogP contribution in [0.25, 0.3) is 10.8 Å². The van der Waals surface area contributed by atoms with Crippen LogP contribution in [-0.4, -0.2) is 5.11 Å². The Labute approximate surface area is 94.8 Å². The first kappa shape index (κ1) is 10.7. The Hall–Kier alpha value is -1.85. The number of fused-ring (bicyclic) bond motifs is 1. The number of aliphatic hydroxyl groups is 1. The van der Waals surface area contributed by atoms with Gasteiger partial charge in [-0.3, -0.25) is 0 Å². The largest absolute Gasteiger partial charge is 0.392 e. The second-order valence-corrected chi connectivity index (χ2v) is 3.73. The fourth-order valence-corrected chi connectivity index (χ4v) is 2.15. The molecule has 0 amide bonds. The van der Waals surface area contributed by atoms with Gasteiger partial charge >= 0.3 is 0 Å². The van der Waals surface area contributed by atoms with Gasteiger partial charge in [0.05, 0.1) is 18.2 Å². The highest BCUT2D eigenvalue weighted by atomic mass is 16.3. The Morgan fingerprint density at radius 1 is 1.25 bits per heavy atom. The first-order chi connectivity index (χ1) is 7.81. The Balaban J connectivity index is 2.89. The molecule has 0 aliphatic heterocycles. The monoisotopic (exact) mass is 211 g/mol. The first-order valence-electron chi connectivity index (χ1n) is 5.36. The maximum atomic E-state index is 9.46. The number of hydrogen-bond donors (Lipinski definition) is 1. The summed E-state index contributed by atoms with van der Waals surface area (Å²) in [4.78, 5) is 0. The Bertz CT molecular complexity index is 567. The van der Waals surface area contributed by atoms with E-state index in [2.05, 4.69) is 6.07 Å². The molecule has 2 aromatic rings. The van der Waals surface area contributed by atoms with Gasteiger partial charge in [0.2, 0.25) is 0 Å². The highest BCUT2D eigenvalue weighted by molar-refractivity contribution is 5.88. The van der Waals surface area contributed by atoms with E-state index in [-0.39, 0.29) is 6.61 Å². The van der Waals surface area contributed by atoms with E-state index < -0.39 is 0 Å². The summed E-state index contributed by atoms with van der Waals surface area (Å²) in [6.45, 7) is 1.99. The highest BCUT2D eigenvalue weighted by Gasteiger charge is 2.10. The lowest BCUT2D eigenvalue weighted by molar-refractivity contribution is 0.282. The summed E-state index contributed by atoms with van der Waals surface area (Å²) in [6.07, 6.45) is 0.767. The average Bonchev–Trinajstić information content (AvgIpc) is 2.36. The van der Waals surface area contributed by atoms with Gasteiger partial charge in [-0.05, 0) is 34.4 Å². The minimum Gasteiger partial charge on any atom is -0.392 e. The third kappa shape index (κ3) is 1.56. The fourth-order valence-electron chi connectivity index (χ4n) is 2.15. The van der Waals surface area contributed by atoms with Crippen LogP contribution in [0.15, 0.2) is 30.3 Å². The molecule has 0 fully saturated rings. The molecule has 2 heteroatoms. The Morgan fingerprint density at radius 3 is 2.62 bits per heavy atom. The zero-order valence-electron chi connectivity index (χ0n) is 9.20. The molecular weight excluding hydrogens is 198 g/mol. The van der Waals surface area contributed by atoms with Gasteiger partial charge in [0.1, 0.15) is 0 Å². The summed E-state index contributed by atoms with van der Waals surface area (Å²) in [5, 5.41) is 20.6. The molecule has 0 saturated carbocycles. The number of nitrogens with zero attached hydrogens (tertiary/aromatic N) is 1. The smallest absolute Gasteiger partial charge is 0.0994 e. The molecule has 0 unspecified atom stereocenters. The molecular formula is C14H13NO. The van der Waals surface area contributed by atoms with Crippen LogP contribution in [-0.2, 0) is 13.0 Å². The summed E-state index contributed by atoms with van der Waals surface area (Å²) in [6, 6.07) is 11.9. The summed E-state index contributed by atoms with van der Waals surface area (Å²) in [5.41, 5.74) is 2.52. The van der Waals surface area contributed by atoms with Crippen LogP contribution >= 0.6 is 0 Å². The van der Waals surface area contributed by atoms with Gasteiger partial charge in [-0.1, -0.05) is 31.2 Å². The molecule has 0 aromatic heterocycles. The molecule has 0 radical (unpaired) electrons. The van der Waals surface area contributed by atoms with Crippen LogP contribution in [0.3, 0.4) is 0 Å². The van der Waals surface area contributed by atoms with Gasteiger partial charge in [-0.25, -0.2) is 0 Å². The lowest BCUT2D eigenvalue weighted by Crippen LogP contribution is -1.98. The Kier molecular flexibility index (Phi) is 2.89. The molecule has 0 saturated heterocycles. The molecule has 0 aliphatic rings. The summed E-state index contributed by atoms with van der Waals surface area (Å²) in [5.74, 6) is 0. The van der Waals surface area contributed by atoms with E-state index in [0.717, 1.165) is 28.3 Å². The molecule has 1 N–H and O–H groups in total. The average molecular weight is 211 g/mol. The zero-order chi connectivity index (χ0) is 11.5. The molecule has 0 heterocycles. The van der Waals surface area contributed by atoms with Crippen molar-refractivity contribution in [3.05, 3.63) is 47.0 Å². The summed E-state index contributed by atoms with van der Waals surface area (Å²) >= 11 is 0. The summed E-state index contributed by atoms with van der Waals surface area (Å²) in [7, 11) is 0. The molecule has 2 aromatic carbocycles. The van der Waals surface area contributed by atoms with Crippen molar-refractivity contribution in [3.8, 4) is 6.07 Å². The zero-order valence-corrected chi connectivity index (χ0v) is 9.20. The van der Waals surface area contributed by atoms with Gasteiger partial charge in [0.15, 0.2) is 0 Å². The van der Waals surface area contributed by atoms with Crippen LogP contribution in [0.4, 0.5) is 0 Å². The van der Waals surface area contributed by atoms with Crippen molar-refractivity contribution in [2.45, 2.75) is 20.0 Å². The standard InChI is InChI=1S/C14H13NO/c1-2-12-11(8-15)7-10-5-3-4-6-13(10)14(12)9-16/h3-7,16H,2,9H2,1H3. The molecule has 0 atom stereocenters. The molecule has 0 spiro atoms. The quantitative estimate of drug-likeness (QED) is 0.830. The van der Waals surface area contributed by atoms with Crippen molar-refractivity contribution in [2.24, 2.45) is 0 Å². The van der Waals surface area contributed by atoms with E-state index in [1.165, 1.54) is 0 Å². The van der Waals surface area contributed by atoms with Crippen LogP contribution in [0.1, 0.15) is 23.6 Å². The lowest BCUT2D eigenvalue weighted by Gasteiger charge is -2.11. The van der Waals surface area contributed by atoms with Gasteiger partial charge in [0, 0.05) is 0 Å². The second-order valence-electron chi connectivity index (χ2n) is 3.73. The highest BCUT2D eigenvalue weighted by Crippen LogP contribution is 2.26. The van der Waals surface area contributed by atoms with Gasteiger partial charge in [0.25, 0.3) is 0 Å². The van der Waals surface area contributed by atoms with Crippen LogP contribution in [0, 0.1) is 11.3 Å². The SMILES string of the molecule is CCc1c(C#N)cc2ccccc2c1CO. The number of aliphatic hydroxyl groups excluding tert-OH is 1. The predicted molar refractivity (Wildman–Crippen MR) is 64.0 cm³/mol. The second kappa shape index (κ2) is 4.34. The lowest BCUT2D eigenvalue weighted by atomic mass is 9.93. The first-order valence-corrected chi connectivity index (χ1v) is 5.36. The van der Waals surface area contributed by atoms with Gasteiger partial charge < -0.3 is 5.11 Å². The third-order valence-corrected chi connectivity index (χ3v) is 2.91. The third-order valence-electron chi connectivity index (χ3n) is 2.91. The van der Waals surface area contributed by atoms with Crippen LogP contribution in [0.2, 0.25) is 0 Å². The molecule has 2 rings (SSSR count). The van der Waals surface area contributed by atoms with Crippen LogP contribution in [0.5, 0.6) is 0 Å². The minimum atomic E-state index is -0.0147. The molecule has 0 aliphatic carbocycles. The Morgan fingerprint density at radius 2 is 2.00 bits per heavy atom. The van der Waals surface area contributed by atoms with E-state index in [1.54, 1.807) is 0 Å². The fraction of sp³-hybridized carbons (Fsp3) is 0.214. The predicted octanol–water partition coefficient (Wildman–Crippen LogP) is 2.77. The summed E-state index contributed by atoms with van der Waals surface area (Å²) < 4.78 is 0. The molecule has 2 nitrogen and oxygen atoms in total. The van der Waals surface area contributed by atoms with Crippen molar-refractivity contribution in [3.63, 3.8) is 0 Å². The van der Waals surface area contributed by atoms with Crippen molar-refractivity contribution in [1.29, 1.82) is 5.26 Å². The minimum absolute atomic E-state index is 0.0147. The molecule has 16 heavy (non-hydrogen) atoms. The number of rotatable bonds is 2. The molecule has 0 bridgehead atoms. The number of benzene rings is 2. The van der Waals surface area contributed by atoms with Crippen molar-refractivity contribution in [1.82, 2.24) is 0 Å². The number of nitriles is 1. The van der Waals surface area contributed by atoms with E-state index in [9.17, 15) is 5.11 Å². The van der Waals surface area contributed by atoms with Crippen molar-refractivity contribution < 1.29 is 5.11 Å². The van der Waals surface area contributed by atoms with E-state index >= 15 is 0 Å². The van der Waals surface area contributed by atoms with Crippen molar-refractivity contribution in [2.75, 3.05) is 0 Å². The van der Waals surface area contributed by atoms with E-state index in [0.29, 0.717) is 5.56 Å². The van der Waals surface area contributed by atoms with E-state index in [1.807, 2.05) is 37.3 Å². The number of hydrogen-bond acceptors (Lipinski definition) is 2. The maximum Gasteiger partial charge on any atom is 0.0994 e. The molecule has 80 valence electrons. The van der Waals surface area contributed by atoms with Crippen molar-refractivity contribution >= 4 is 10.8 Å². The van der Waals surface area contributed by atoms with Crippen LogP contribution < -0.4 is 0 Å². The topological polar surface area (TPSA) is 44.0 Å². The van der Waals surface area contributed by atoms with Gasteiger partial charge in [-0.15, -0.1) is 0 Å². The van der Waals surface area contributed by atoms with E-state index in [4.69, 9.17) is 5.26 Å². The van der Waals surface area contributed by atoms with Gasteiger partial charge in [-0.2, -0.15) is 5.26 Å².